The fraction of sp³-hybridized carbons (Fsp3) is 0.643. The van der Waals surface area contributed by atoms with Crippen molar-refractivity contribution in [2.24, 2.45) is 0 Å². The number of rotatable bonds is 6. The molecule has 0 aromatic carbocycles. The third-order valence-electron chi connectivity index (χ3n) is 3.76. The molecule has 0 spiro atoms. The van der Waals surface area contributed by atoms with Crippen LogP contribution in [0.15, 0.2) is 18.5 Å². The van der Waals surface area contributed by atoms with E-state index in [2.05, 4.69) is 11.9 Å². The van der Waals surface area contributed by atoms with Gasteiger partial charge in [0.2, 0.25) is 5.91 Å². The Hall–Kier alpha value is -1.29. The van der Waals surface area contributed by atoms with Gasteiger partial charge in [0.15, 0.2) is 0 Å². The van der Waals surface area contributed by atoms with Gasteiger partial charge < -0.3 is 15.0 Å². The lowest BCUT2D eigenvalue weighted by molar-refractivity contribution is -0.146. The van der Waals surface area contributed by atoms with Gasteiger partial charge in [0.1, 0.15) is 5.72 Å². The smallest absolute Gasteiger partial charge is 0.225 e. The lowest BCUT2D eigenvalue weighted by Crippen LogP contribution is -2.46. The predicted molar refractivity (Wildman–Crippen MR) is 69.9 cm³/mol. The van der Waals surface area contributed by atoms with Crippen LogP contribution in [0.25, 0.3) is 0 Å². The number of aromatic amines is 1. The molecule has 1 atom stereocenters. The maximum atomic E-state index is 11.9. The maximum Gasteiger partial charge on any atom is 0.225 e. The van der Waals surface area contributed by atoms with Crippen LogP contribution < -0.4 is 0 Å². The second kappa shape index (κ2) is 5.57. The highest BCUT2D eigenvalue weighted by Gasteiger charge is 2.42. The molecule has 0 bridgehead atoms. The maximum absolute atomic E-state index is 11.9. The van der Waals surface area contributed by atoms with E-state index in [-0.39, 0.29) is 5.91 Å². The van der Waals surface area contributed by atoms with Gasteiger partial charge in [-0.2, -0.15) is 0 Å². The fourth-order valence-corrected chi connectivity index (χ4v) is 2.62. The van der Waals surface area contributed by atoms with Gasteiger partial charge in [0.05, 0.1) is 0 Å². The standard InChI is InChI=1S/C14H22N2O2/c1-2-3-7-14(18)8-4-13(17)16(14)10-6-12-5-9-15-11-12/h5,9,11,15,18H,2-4,6-8,10H2,1H3. The zero-order chi connectivity index (χ0) is 13.0. The van der Waals surface area contributed by atoms with E-state index in [0.717, 1.165) is 19.3 Å². The number of unbranched alkanes of at least 4 members (excludes halogenated alkanes) is 1. The molecule has 100 valence electrons. The molecular weight excluding hydrogens is 228 g/mol. The molecule has 0 saturated carbocycles. The van der Waals surface area contributed by atoms with Crippen molar-refractivity contribution in [3.05, 3.63) is 24.0 Å². The molecule has 0 aliphatic carbocycles. The Morgan fingerprint density at radius 2 is 2.39 bits per heavy atom. The minimum Gasteiger partial charge on any atom is -0.371 e. The average Bonchev–Trinajstić information content (AvgIpc) is 2.95. The lowest BCUT2D eigenvalue weighted by atomic mass is 10.0. The summed E-state index contributed by atoms with van der Waals surface area (Å²) in [7, 11) is 0. The van der Waals surface area contributed by atoms with Gasteiger partial charge in [-0.15, -0.1) is 0 Å². The molecule has 2 heterocycles. The lowest BCUT2D eigenvalue weighted by Gasteiger charge is -2.33. The summed E-state index contributed by atoms with van der Waals surface area (Å²) in [4.78, 5) is 16.6. The largest absolute Gasteiger partial charge is 0.371 e. The molecule has 1 aromatic heterocycles. The predicted octanol–water partition coefficient (Wildman–Crippen LogP) is 2.06. The zero-order valence-electron chi connectivity index (χ0n) is 11.0. The van der Waals surface area contributed by atoms with Crippen molar-refractivity contribution < 1.29 is 9.90 Å². The number of likely N-dealkylation sites (tertiary alicyclic amines) is 1. The Bertz CT molecular complexity index is 389. The molecule has 0 radical (unpaired) electrons. The first-order chi connectivity index (χ1) is 8.65. The van der Waals surface area contributed by atoms with E-state index in [1.807, 2.05) is 18.5 Å². The van der Waals surface area contributed by atoms with Crippen molar-refractivity contribution >= 4 is 5.91 Å². The van der Waals surface area contributed by atoms with Crippen molar-refractivity contribution in [2.45, 2.75) is 51.2 Å². The van der Waals surface area contributed by atoms with Crippen molar-refractivity contribution in [3.8, 4) is 0 Å². The summed E-state index contributed by atoms with van der Waals surface area (Å²) in [5, 5.41) is 10.6. The monoisotopic (exact) mass is 250 g/mol. The van der Waals surface area contributed by atoms with Crippen LogP contribution in [0, 0.1) is 0 Å². The first-order valence-corrected chi connectivity index (χ1v) is 6.80. The van der Waals surface area contributed by atoms with Gasteiger partial charge >= 0.3 is 0 Å². The van der Waals surface area contributed by atoms with Crippen LogP contribution in [0.4, 0.5) is 0 Å². The molecule has 1 unspecified atom stereocenters. The van der Waals surface area contributed by atoms with Crippen molar-refractivity contribution in [3.63, 3.8) is 0 Å². The third kappa shape index (κ3) is 2.75. The number of hydrogen-bond donors (Lipinski definition) is 2. The minimum absolute atomic E-state index is 0.0872. The molecule has 2 rings (SSSR count). The van der Waals surface area contributed by atoms with Gasteiger partial charge in [0, 0.05) is 31.8 Å². The second-order valence-corrected chi connectivity index (χ2v) is 5.10. The Balaban J connectivity index is 1.96. The van der Waals surface area contributed by atoms with Crippen LogP contribution in [0.1, 0.15) is 44.6 Å². The summed E-state index contributed by atoms with van der Waals surface area (Å²) in [6, 6.07) is 2.01. The molecule has 1 fully saturated rings. The molecule has 1 amide bonds. The Kier molecular flexibility index (Phi) is 4.07. The quantitative estimate of drug-likeness (QED) is 0.812. The van der Waals surface area contributed by atoms with Gasteiger partial charge in [0.25, 0.3) is 0 Å². The number of amides is 1. The van der Waals surface area contributed by atoms with E-state index >= 15 is 0 Å². The Morgan fingerprint density at radius 1 is 1.56 bits per heavy atom. The molecule has 1 saturated heterocycles. The van der Waals surface area contributed by atoms with Gasteiger partial charge in [-0.05, 0) is 30.9 Å². The highest BCUT2D eigenvalue weighted by Crippen LogP contribution is 2.32. The average molecular weight is 250 g/mol. The summed E-state index contributed by atoms with van der Waals surface area (Å²) < 4.78 is 0. The highest BCUT2D eigenvalue weighted by atomic mass is 16.3. The second-order valence-electron chi connectivity index (χ2n) is 5.10. The number of hydrogen-bond acceptors (Lipinski definition) is 2. The van der Waals surface area contributed by atoms with E-state index in [1.165, 1.54) is 5.56 Å². The normalized spacial score (nSPS) is 23.9. The van der Waals surface area contributed by atoms with Crippen LogP contribution in [-0.2, 0) is 11.2 Å². The summed E-state index contributed by atoms with van der Waals surface area (Å²) in [5.41, 5.74) is 0.274. The van der Waals surface area contributed by atoms with E-state index in [4.69, 9.17) is 0 Å². The first-order valence-electron chi connectivity index (χ1n) is 6.80. The summed E-state index contributed by atoms with van der Waals surface area (Å²) in [6.45, 7) is 2.71. The molecule has 1 aliphatic heterocycles. The number of carbonyl (C=O) groups excluding carboxylic acids is 1. The summed E-state index contributed by atoms with van der Waals surface area (Å²) in [5.74, 6) is 0.0872. The minimum atomic E-state index is -0.899. The summed E-state index contributed by atoms with van der Waals surface area (Å²) in [6.07, 6.45) is 8.38. The highest BCUT2D eigenvalue weighted by molar-refractivity contribution is 5.79. The zero-order valence-corrected chi connectivity index (χ0v) is 11.0. The van der Waals surface area contributed by atoms with Gasteiger partial charge in [-0.1, -0.05) is 13.3 Å². The van der Waals surface area contributed by atoms with E-state index in [9.17, 15) is 9.90 Å². The number of carbonyl (C=O) groups is 1. The Labute approximate surface area is 108 Å². The molecule has 4 nitrogen and oxygen atoms in total. The van der Waals surface area contributed by atoms with Crippen LogP contribution in [0.2, 0.25) is 0 Å². The van der Waals surface area contributed by atoms with E-state index < -0.39 is 5.72 Å². The Morgan fingerprint density at radius 3 is 3.06 bits per heavy atom. The van der Waals surface area contributed by atoms with Crippen LogP contribution in [-0.4, -0.2) is 33.2 Å². The van der Waals surface area contributed by atoms with Gasteiger partial charge in [-0.3, -0.25) is 4.79 Å². The number of aromatic nitrogens is 1. The van der Waals surface area contributed by atoms with Gasteiger partial charge in [-0.25, -0.2) is 0 Å². The molecule has 1 aliphatic rings. The van der Waals surface area contributed by atoms with Crippen molar-refractivity contribution in [1.29, 1.82) is 0 Å². The van der Waals surface area contributed by atoms with Crippen molar-refractivity contribution in [1.82, 2.24) is 9.88 Å². The number of nitrogens with one attached hydrogen (secondary N) is 1. The molecule has 4 heteroatoms. The van der Waals surface area contributed by atoms with Crippen LogP contribution >= 0.6 is 0 Å². The molecular formula is C14H22N2O2. The number of aliphatic hydroxyl groups is 1. The fourth-order valence-electron chi connectivity index (χ4n) is 2.62. The van der Waals surface area contributed by atoms with Crippen molar-refractivity contribution in [2.75, 3.05) is 6.54 Å². The molecule has 1 aromatic rings. The van der Waals surface area contributed by atoms with Crippen LogP contribution in [0.5, 0.6) is 0 Å². The SMILES string of the molecule is CCCCC1(O)CCC(=O)N1CCc1cc[nH]c1. The third-order valence-corrected chi connectivity index (χ3v) is 3.76. The molecule has 2 N–H and O–H groups in total. The topological polar surface area (TPSA) is 56.3 Å². The first kappa shape index (κ1) is 13.1. The van der Waals surface area contributed by atoms with E-state index in [0.29, 0.717) is 25.8 Å². The van der Waals surface area contributed by atoms with Crippen LogP contribution in [0.3, 0.4) is 0 Å². The number of nitrogens with zero attached hydrogens (tertiary/aromatic N) is 1. The summed E-state index contributed by atoms with van der Waals surface area (Å²) >= 11 is 0. The van der Waals surface area contributed by atoms with E-state index in [1.54, 1.807) is 4.90 Å². The molecule has 18 heavy (non-hydrogen) atoms. The number of H-pyrrole nitrogens is 1.